The molecule has 0 bridgehead atoms. The van der Waals surface area contributed by atoms with E-state index in [1.165, 1.54) is 12.1 Å². The number of urea groups is 1. The number of nitriles is 1. The quantitative estimate of drug-likeness (QED) is 0.766. The van der Waals surface area contributed by atoms with Crippen LogP contribution in [0.25, 0.3) is 0 Å². The highest BCUT2D eigenvalue weighted by atomic mass is 19.1. The number of carbonyl (C=O) groups excluding carboxylic acids is 2. The van der Waals surface area contributed by atoms with Gasteiger partial charge in [0, 0.05) is 0 Å². The summed E-state index contributed by atoms with van der Waals surface area (Å²) >= 11 is 0. The van der Waals surface area contributed by atoms with Gasteiger partial charge >= 0.3 is 6.03 Å². The van der Waals surface area contributed by atoms with Gasteiger partial charge in [-0.25, -0.2) is 9.18 Å². The van der Waals surface area contributed by atoms with Gasteiger partial charge in [0.25, 0.3) is 0 Å². The van der Waals surface area contributed by atoms with Crippen molar-refractivity contribution in [1.29, 1.82) is 5.26 Å². The van der Waals surface area contributed by atoms with E-state index in [0.717, 1.165) is 11.0 Å². The molecule has 1 aromatic carbocycles. The second-order valence-electron chi connectivity index (χ2n) is 3.56. The van der Waals surface area contributed by atoms with Crippen LogP contribution in [0.4, 0.5) is 9.18 Å². The molecular weight excluding hydrogens is 225 g/mol. The van der Waals surface area contributed by atoms with Crippen molar-refractivity contribution in [3.05, 3.63) is 35.1 Å². The maximum absolute atomic E-state index is 13.3. The van der Waals surface area contributed by atoms with E-state index in [2.05, 4.69) is 5.32 Å². The van der Waals surface area contributed by atoms with Gasteiger partial charge in [-0.05, 0) is 17.7 Å². The molecule has 0 spiro atoms. The topological polar surface area (TPSA) is 73.2 Å². The molecule has 3 amide bonds. The Hall–Kier alpha value is -2.42. The van der Waals surface area contributed by atoms with Gasteiger partial charge < -0.3 is 5.32 Å². The van der Waals surface area contributed by atoms with E-state index < -0.39 is 11.8 Å². The summed E-state index contributed by atoms with van der Waals surface area (Å²) in [6.07, 6.45) is 0. The van der Waals surface area contributed by atoms with Crippen molar-refractivity contribution in [3.8, 4) is 6.07 Å². The molecule has 0 aromatic heterocycles. The Balaban J connectivity index is 2.20. The molecule has 1 aliphatic heterocycles. The molecule has 1 aromatic rings. The van der Waals surface area contributed by atoms with E-state index in [4.69, 9.17) is 5.26 Å². The molecule has 0 aliphatic carbocycles. The summed E-state index contributed by atoms with van der Waals surface area (Å²) in [6, 6.07) is 5.20. The lowest BCUT2D eigenvalue weighted by Gasteiger charge is -2.12. The van der Waals surface area contributed by atoms with Crippen molar-refractivity contribution in [2.75, 3.05) is 6.54 Å². The fourth-order valence-electron chi connectivity index (χ4n) is 1.55. The second kappa shape index (κ2) is 4.22. The molecular formula is C11H8FN3O2. The van der Waals surface area contributed by atoms with E-state index >= 15 is 0 Å². The minimum atomic E-state index is -0.656. The second-order valence-corrected chi connectivity index (χ2v) is 3.56. The number of amides is 3. The number of halogens is 1. The third-order valence-electron chi connectivity index (χ3n) is 2.43. The first kappa shape index (κ1) is 11.1. The smallest absolute Gasteiger partial charge is 0.324 e. The Morgan fingerprint density at radius 3 is 2.76 bits per heavy atom. The number of hydrogen-bond donors (Lipinski definition) is 1. The highest BCUT2D eigenvalue weighted by molar-refractivity contribution is 6.01. The maximum Gasteiger partial charge on any atom is 0.324 e. The Morgan fingerprint density at radius 2 is 2.24 bits per heavy atom. The van der Waals surface area contributed by atoms with Crippen LogP contribution in [-0.4, -0.2) is 23.4 Å². The van der Waals surface area contributed by atoms with Crippen LogP contribution in [0.5, 0.6) is 0 Å². The monoisotopic (exact) mass is 233 g/mol. The van der Waals surface area contributed by atoms with Gasteiger partial charge in [0.2, 0.25) is 5.91 Å². The van der Waals surface area contributed by atoms with Crippen LogP contribution in [0.3, 0.4) is 0 Å². The van der Waals surface area contributed by atoms with Gasteiger partial charge in [0.15, 0.2) is 0 Å². The van der Waals surface area contributed by atoms with Crippen LogP contribution in [0.2, 0.25) is 0 Å². The predicted molar refractivity (Wildman–Crippen MR) is 55.1 cm³/mol. The lowest BCUT2D eigenvalue weighted by Crippen LogP contribution is -2.30. The molecule has 1 aliphatic rings. The summed E-state index contributed by atoms with van der Waals surface area (Å²) in [5.41, 5.74) is 0.401. The van der Waals surface area contributed by atoms with Gasteiger partial charge in [-0.1, -0.05) is 6.07 Å². The number of benzene rings is 1. The third kappa shape index (κ3) is 2.08. The number of hydrogen-bond acceptors (Lipinski definition) is 3. The SMILES string of the molecule is N#Cc1ccc(CN2C(=O)CNC2=O)cc1F. The normalized spacial score (nSPS) is 14.7. The van der Waals surface area contributed by atoms with Crippen molar-refractivity contribution in [3.63, 3.8) is 0 Å². The van der Waals surface area contributed by atoms with Crippen molar-refractivity contribution in [2.24, 2.45) is 0 Å². The summed E-state index contributed by atoms with van der Waals surface area (Å²) in [6.45, 7) is -0.0229. The molecule has 0 atom stereocenters. The average molecular weight is 233 g/mol. The van der Waals surface area contributed by atoms with E-state index in [0.29, 0.717) is 5.56 Å². The molecule has 1 heterocycles. The number of nitrogens with one attached hydrogen (secondary N) is 1. The van der Waals surface area contributed by atoms with E-state index in [1.54, 1.807) is 6.07 Å². The number of imide groups is 1. The van der Waals surface area contributed by atoms with Crippen molar-refractivity contribution in [2.45, 2.75) is 6.54 Å². The summed E-state index contributed by atoms with van der Waals surface area (Å²) in [4.78, 5) is 23.5. The Kier molecular flexibility index (Phi) is 2.75. The zero-order valence-electron chi connectivity index (χ0n) is 8.74. The minimum Gasteiger partial charge on any atom is -0.329 e. The first-order chi connectivity index (χ1) is 8.11. The fraction of sp³-hybridized carbons (Fsp3) is 0.182. The molecule has 5 nitrogen and oxygen atoms in total. The first-order valence-corrected chi connectivity index (χ1v) is 4.88. The molecule has 0 unspecified atom stereocenters. The zero-order valence-corrected chi connectivity index (χ0v) is 8.74. The van der Waals surface area contributed by atoms with Gasteiger partial charge in [-0.2, -0.15) is 5.26 Å². The van der Waals surface area contributed by atoms with Crippen LogP contribution < -0.4 is 5.32 Å². The summed E-state index contributed by atoms with van der Waals surface area (Å²) < 4.78 is 13.3. The minimum absolute atomic E-state index is 0.00724. The molecule has 1 saturated heterocycles. The third-order valence-corrected chi connectivity index (χ3v) is 2.43. The van der Waals surface area contributed by atoms with E-state index in [-0.39, 0.29) is 24.6 Å². The molecule has 1 fully saturated rings. The first-order valence-electron chi connectivity index (χ1n) is 4.88. The van der Waals surface area contributed by atoms with Crippen LogP contribution in [0, 0.1) is 17.1 Å². The van der Waals surface area contributed by atoms with Crippen LogP contribution >= 0.6 is 0 Å². The molecule has 2 rings (SSSR count). The zero-order chi connectivity index (χ0) is 12.4. The van der Waals surface area contributed by atoms with Gasteiger partial charge in [-0.3, -0.25) is 9.69 Å². The average Bonchev–Trinajstić information content (AvgIpc) is 2.61. The summed E-state index contributed by atoms with van der Waals surface area (Å²) in [5, 5.41) is 10.9. The van der Waals surface area contributed by atoms with Crippen molar-refractivity contribution in [1.82, 2.24) is 10.2 Å². The Morgan fingerprint density at radius 1 is 1.47 bits per heavy atom. The predicted octanol–water partition coefficient (Wildman–Crippen LogP) is 0.749. The molecule has 1 N–H and O–H groups in total. The molecule has 6 heteroatoms. The molecule has 86 valence electrons. The highest BCUT2D eigenvalue weighted by Gasteiger charge is 2.28. The number of rotatable bonds is 2. The maximum atomic E-state index is 13.3. The highest BCUT2D eigenvalue weighted by Crippen LogP contribution is 2.13. The summed E-state index contributed by atoms with van der Waals surface area (Å²) in [5.74, 6) is -1.00. The lowest BCUT2D eigenvalue weighted by atomic mass is 10.1. The molecule has 0 radical (unpaired) electrons. The standard InChI is InChI=1S/C11H8FN3O2/c12-9-3-7(1-2-8(9)4-13)6-15-10(16)5-14-11(15)17/h1-3H,5-6H2,(H,14,17). The van der Waals surface area contributed by atoms with Gasteiger partial charge in [0.1, 0.15) is 11.9 Å². The van der Waals surface area contributed by atoms with Crippen LogP contribution in [0.1, 0.15) is 11.1 Å². The van der Waals surface area contributed by atoms with Gasteiger partial charge in [0.05, 0.1) is 18.7 Å². The van der Waals surface area contributed by atoms with E-state index in [9.17, 15) is 14.0 Å². The number of nitrogens with zero attached hydrogens (tertiary/aromatic N) is 2. The van der Waals surface area contributed by atoms with Gasteiger partial charge in [-0.15, -0.1) is 0 Å². The largest absolute Gasteiger partial charge is 0.329 e. The Bertz CT molecular complexity index is 520. The molecule has 17 heavy (non-hydrogen) atoms. The fourth-order valence-corrected chi connectivity index (χ4v) is 1.55. The lowest BCUT2D eigenvalue weighted by molar-refractivity contribution is -0.125. The Labute approximate surface area is 96.4 Å². The van der Waals surface area contributed by atoms with Crippen LogP contribution in [0.15, 0.2) is 18.2 Å². The van der Waals surface area contributed by atoms with Crippen LogP contribution in [-0.2, 0) is 11.3 Å². The summed E-state index contributed by atoms with van der Waals surface area (Å²) in [7, 11) is 0. The van der Waals surface area contributed by atoms with Crippen molar-refractivity contribution >= 4 is 11.9 Å². The molecule has 0 saturated carbocycles. The van der Waals surface area contributed by atoms with E-state index in [1.807, 2.05) is 0 Å². The van der Waals surface area contributed by atoms with Crippen molar-refractivity contribution < 1.29 is 14.0 Å². The number of carbonyl (C=O) groups is 2.